The standard InChI is InChI=1S/C15H15F4NO/c1-2-8-20-9-6-14(21,7-10-20)11-4-3-5-12(13(11)16)15(17,18)19/h3-7,9-10,21H,2,8H2,1H3. The third-order valence-corrected chi connectivity index (χ3v) is 3.26. The fraction of sp³-hybridized carbons (Fsp3) is 0.333. The van der Waals surface area contributed by atoms with Gasteiger partial charge in [0.15, 0.2) is 0 Å². The van der Waals surface area contributed by atoms with E-state index < -0.39 is 28.7 Å². The summed E-state index contributed by atoms with van der Waals surface area (Å²) in [6.45, 7) is 2.67. The highest BCUT2D eigenvalue weighted by Crippen LogP contribution is 2.37. The average molecular weight is 301 g/mol. The SMILES string of the molecule is CCCN1C=CC(O)(c2cccc(C(F)(F)F)c2F)C=C1. The Morgan fingerprint density at radius 2 is 1.81 bits per heavy atom. The molecule has 1 aromatic rings. The van der Waals surface area contributed by atoms with Gasteiger partial charge in [-0.1, -0.05) is 19.1 Å². The summed E-state index contributed by atoms with van der Waals surface area (Å²) < 4.78 is 52.2. The monoisotopic (exact) mass is 301 g/mol. The summed E-state index contributed by atoms with van der Waals surface area (Å²) in [6, 6.07) is 2.88. The van der Waals surface area contributed by atoms with Crippen molar-refractivity contribution in [2.45, 2.75) is 25.1 Å². The van der Waals surface area contributed by atoms with Crippen molar-refractivity contribution in [2.24, 2.45) is 0 Å². The van der Waals surface area contributed by atoms with Crippen molar-refractivity contribution in [3.05, 3.63) is 59.7 Å². The van der Waals surface area contributed by atoms with Crippen molar-refractivity contribution in [3.63, 3.8) is 0 Å². The molecular weight excluding hydrogens is 286 g/mol. The Bertz CT molecular complexity index is 564. The number of rotatable bonds is 3. The largest absolute Gasteiger partial charge is 0.419 e. The highest BCUT2D eigenvalue weighted by Gasteiger charge is 2.38. The van der Waals surface area contributed by atoms with Crippen LogP contribution in [0.15, 0.2) is 42.8 Å². The van der Waals surface area contributed by atoms with E-state index >= 15 is 0 Å². The van der Waals surface area contributed by atoms with E-state index in [-0.39, 0.29) is 0 Å². The second-order valence-corrected chi connectivity index (χ2v) is 4.86. The van der Waals surface area contributed by atoms with Crippen LogP contribution >= 0.6 is 0 Å². The molecule has 0 unspecified atom stereocenters. The highest BCUT2D eigenvalue weighted by molar-refractivity contribution is 5.39. The molecule has 1 aliphatic heterocycles. The van der Waals surface area contributed by atoms with E-state index in [2.05, 4.69) is 0 Å². The van der Waals surface area contributed by atoms with Crippen molar-refractivity contribution in [2.75, 3.05) is 6.54 Å². The Morgan fingerprint density at radius 1 is 1.19 bits per heavy atom. The minimum absolute atomic E-state index is 0.416. The topological polar surface area (TPSA) is 23.5 Å². The fourth-order valence-corrected chi connectivity index (χ4v) is 2.17. The lowest BCUT2D eigenvalue weighted by atomic mass is 9.90. The first kappa shape index (κ1) is 15.6. The lowest BCUT2D eigenvalue weighted by molar-refractivity contribution is -0.140. The minimum atomic E-state index is -4.80. The van der Waals surface area contributed by atoms with Crippen molar-refractivity contribution < 1.29 is 22.7 Å². The summed E-state index contributed by atoms with van der Waals surface area (Å²) in [4.78, 5) is 1.76. The molecule has 0 radical (unpaired) electrons. The van der Waals surface area contributed by atoms with Gasteiger partial charge in [0, 0.05) is 24.5 Å². The molecule has 1 aromatic carbocycles. The quantitative estimate of drug-likeness (QED) is 0.859. The predicted octanol–water partition coefficient (Wildman–Crippen LogP) is 3.79. The Kier molecular flexibility index (Phi) is 4.09. The Labute approximate surface area is 120 Å². The number of aliphatic hydroxyl groups is 1. The van der Waals surface area contributed by atoms with E-state index in [0.29, 0.717) is 12.6 Å². The summed E-state index contributed by atoms with van der Waals surface area (Å²) >= 11 is 0. The number of benzene rings is 1. The van der Waals surface area contributed by atoms with Crippen molar-refractivity contribution in [1.29, 1.82) is 0 Å². The van der Waals surface area contributed by atoms with E-state index in [1.807, 2.05) is 6.92 Å². The number of hydrogen-bond donors (Lipinski definition) is 1. The molecule has 0 fully saturated rings. The van der Waals surface area contributed by atoms with Gasteiger partial charge in [-0.3, -0.25) is 0 Å². The average Bonchev–Trinajstić information content (AvgIpc) is 2.40. The van der Waals surface area contributed by atoms with Gasteiger partial charge >= 0.3 is 6.18 Å². The van der Waals surface area contributed by atoms with Crippen LogP contribution in [0, 0.1) is 5.82 Å². The first-order valence-corrected chi connectivity index (χ1v) is 6.51. The van der Waals surface area contributed by atoms with Gasteiger partial charge < -0.3 is 10.0 Å². The maximum atomic E-state index is 14.1. The van der Waals surface area contributed by atoms with E-state index in [1.54, 1.807) is 4.90 Å². The van der Waals surface area contributed by atoms with Crippen LogP contribution in [0.3, 0.4) is 0 Å². The summed E-state index contributed by atoms with van der Waals surface area (Å²) in [5, 5.41) is 10.4. The fourth-order valence-electron chi connectivity index (χ4n) is 2.17. The molecule has 0 aromatic heterocycles. The molecule has 0 saturated heterocycles. The van der Waals surface area contributed by atoms with Crippen molar-refractivity contribution in [1.82, 2.24) is 4.90 Å². The molecule has 0 aliphatic carbocycles. The lowest BCUT2D eigenvalue weighted by Crippen LogP contribution is -2.28. The van der Waals surface area contributed by atoms with Crippen LogP contribution in [0.1, 0.15) is 24.5 Å². The Balaban J connectivity index is 2.40. The maximum absolute atomic E-state index is 14.1. The summed E-state index contributed by atoms with van der Waals surface area (Å²) in [5.74, 6) is -1.45. The summed E-state index contributed by atoms with van der Waals surface area (Å²) in [5.41, 5.74) is -3.68. The molecule has 1 heterocycles. The van der Waals surface area contributed by atoms with Gasteiger partial charge in [0.2, 0.25) is 0 Å². The molecule has 0 atom stereocenters. The summed E-state index contributed by atoms with van der Waals surface area (Å²) in [6.07, 6.45) is 1.69. The molecule has 2 nitrogen and oxygen atoms in total. The van der Waals surface area contributed by atoms with Gasteiger partial charge in [0.25, 0.3) is 0 Å². The molecule has 0 saturated carbocycles. The highest BCUT2D eigenvalue weighted by atomic mass is 19.4. The Hall–Kier alpha value is -1.82. The molecular formula is C15H15F4NO. The number of nitrogens with zero attached hydrogens (tertiary/aromatic N) is 1. The van der Waals surface area contributed by atoms with E-state index in [0.717, 1.165) is 18.6 Å². The van der Waals surface area contributed by atoms with Gasteiger partial charge in [-0.25, -0.2) is 4.39 Å². The second-order valence-electron chi connectivity index (χ2n) is 4.86. The molecule has 0 amide bonds. The van der Waals surface area contributed by atoms with Crippen LogP contribution in [0.2, 0.25) is 0 Å². The third kappa shape index (κ3) is 3.10. The van der Waals surface area contributed by atoms with Crippen LogP contribution in [0.25, 0.3) is 0 Å². The normalized spacial score (nSPS) is 17.3. The zero-order chi connectivity index (χ0) is 15.7. The van der Waals surface area contributed by atoms with E-state index in [4.69, 9.17) is 0 Å². The maximum Gasteiger partial charge on any atom is 0.419 e. The molecule has 114 valence electrons. The molecule has 0 spiro atoms. The second kappa shape index (κ2) is 5.52. The van der Waals surface area contributed by atoms with Crippen LogP contribution in [-0.4, -0.2) is 16.6 Å². The molecule has 2 rings (SSSR count). The van der Waals surface area contributed by atoms with Crippen molar-refractivity contribution in [3.8, 4) is 0 Å². The first-order valence-electron chi connectivity index (χ1n) is 6.51. The molecule has 1 aliphatic rings. The zero-order valence-corrected chi connectivity index (χ0v) is 11.4. The predicted molar refractivity (Wildman–Crippen MR) is 70.6 cm³/mol. The summed E-state index contributed by atoms with van der Waals surface area (Å²) in [7, 11) is 0. The molecule has 0 bridgehead atoms. The van der Waals surface area contributed by atoms with Crippen LogP contribution < -0.4 is 0 Å². The molecule has 21 heavy (non-hydrogen) atoms. The van der Waals surface area contributed by atoms with E-state index in [1.165, 1.54) is 24.6 Å². The van der Waals surface area contributed by atoms with Crippen LogP contribution in [0.5, 0.6) is 0 Å². The van der Waals surface area contributed by atoms with Crippen LogP contribution in [-0.2, 0) is 11.8 Å². The molecule has 6 heteroatoms. The number of hydrogen-bond acceptors (Lipinski definition) is 2. The smallest absolute Gasteiger partial charge is 0.377 e. The zero-order valence-electron chi connectivity index (χ0n) is 11.4. The first-order chi connectivity index (χ1) is 9.78. The van der Waals surface area contributed by atoms with Gasteiger partial charge in [-0.2, -0.15) is 13.2 Å². The Morgan fingerprint density at radius 3 is 2.33 bits per heavy atom. The van der Waals surface area contributed by atoms with Crippen LogP contribution in [0.4, 0.5) is 17.6 Å². The lowest BCUT2D eigenvalue weighted by Gasteiger charge is -2.29. The number of halogens is 4. The van der Waals surface area contributed by atoms with Gasteiger partial charge in [0.1, 0.15) is 11.4 Å². The van der Waals surface area contributed by atoms with Crippen molar-refractivity contribution >= 4 is 0 Å². The van der Waals surface area contributed by atoms with Gasteiger partial charge in [-0.15, -0.1) is 0 Å². The third-order valence-electron chi connectivity index (χ3n) is 3.26. The number of alkyl halides is 3. The van der Waals surface area contributed by atoms with Gasteiger partial charge in [0.05, 0.1) is 5.56 Å². The van der Waals surface area contributed by atoms with Gasteiger partial charge in [-0.05, 0) is 24.6 Å². The minimum Gasteiger partial charge on any atom is -0.377 e. The molecule has 1 N–H and O–H groups in total. The van der Waals surface area contributed by atoms with E-state index in [9.17, 15) is 22.7 Å².